The molecule has 1 aliphatic heterocycles. The van der Waals surface area contributed by atoms with E-state index in [9.17, 15) is 14.7 Å². The summed E-state index contributed by atoms with van der Waals surface area (Å²) >= 11 is 0. The second kappa shape index (κ2) is 6.72. The van der Waals surface area contributed by atoms with Crippen molar-refractivity contribution in [3.05, 3.63) is 34.9 Å². The van der Waals surface area contributed by atoms with Gasteiger partial charge in [-0.05, 0) is 42.5 Å². The molecule has 0 saturated heterocycles. The zero-order valence-electron chi connectivity index (χ0n) is 12.5. The van der Waals surface area contributed by atoms with E-state index >= 15 is 0 Å². The van der Waals surface area contributed by atoms with Crippen LogP contribution in [0.5, 0.6) is 0 Å². The standard InChI is InChI=1S/C16H22N2O3/c1-10(2)8-14(16(20)21)18-15(19)13-5-3-4-11-9-17-7-6-12(11)13/h3-5,10,14,17H,6-9H2,1-2H3,(H,18,19)(H,20,21)/t14-/m0/s1. The van der Waals surface area contributed by atoms with Gasteiger partial charge in [0.05, 0.1) is 0 Å². The third-order valence-electron chi connectivity index (χ3n) is 3.70. The Kier molecular flexibility index (Phi) is 4.96. The van der Waals surface area contributed by atoms with E-state index in [1.165, 1.54) is 0 Å². The van der Waals surface area contributed by atoms with Crippen LogP contribution in [0.4, 0.5) is 0 Å². The Labute approximate surface area is 124 Å². The lowest BCUT2D eigenvalue weighted by molar-refractivity contribution is -0.139. The minimum absolute atomic E-state index is 0.209. The van der Waals surface area contributed by atoms with Crippen LogP contribution in [0.3, 0.4) is 0 Å². The number of amides is 1. The molecule has 1 aromatic rings. The average molecular weight is 290 g/mol. The summed E-state index contributed by atoms with van der Waals surface area (Å²) in [5.41, 5.74) is 2.75. The first-order valence-corrected chi connectivity index (χ1v) is 7.34. The van der Waals surface area contributed by atoms with E-state index in [1.807, 2.05) is 26.0 Å². The Hall–Kier alpha value is -1.88. The van der Waals surface area contributed by atoms with E-state index in [1.54, 1.807) is 6.07 Å². The predicted molar refractivity (Wildman–Crippen MR) is 80.2 cm³/mol. The number of carbonyl (C=O) groups is 2. The van der Waals surface area contributed by atoms with Crippen molar-refractivity contribution in [1.82, 2.24) is 10.6 Å². The van der Waals surface area contributed by atoms with Crippen LogP contribution in [0.2, 0.25) is 0 Å². The number of carboxylic acids is 1. The topological polar surface area (TPSA) is 78.4 Å². The first-order chi connectivity index (χ1) is 9.99. The van der Waals surface area contributed by atoms with Gasteiger partial charge in [0.1, 0.15) is 6.04 Å². The fraction of sp³-hybridized carbons (Fsp3) is 0.500. The lowest BCUT2D eigenvalue weighted by Crippen LogP contribution is -2.42. The number of hydrogen-bond acceptors (Lipinski definition) is 3. The smallest absolute Gasteiger partial charge is 0.326 e. The molecule has 0 unspecified atom stereocenters. The van der Waals surface area contributed by atoms with Crippen LogP contribution < -0.4 is 10.6 Å². The molecule has 0 aliphatic carbocycles. The number of hydrogen-bond donors (Lipinski definition) is 3. The van der Waals surface area contributed by atoms with Gasteiger partial charge >= 0.3 is 5.97 Å². The molecule has 1 aromatic carbocycles. The highest BCUT2D eigenvalue weighted by molar-refractivity contribution is 5.98. The Bertz CT molecular complexity index is 540. The highest BCUT2D eigenvalue weighted by Crippen LogP contribution is 2.19. The monoisotopic (exact) mass is 290 g/mol. The van der Waals surface area contributed by atoms with Crippen LogP contribution in [-0.4, -0.2) is 29.6 Å². The van der Waals surface area contributed by atoms with Gasteiger partial charge in [-0.3, -0.25) is 4.79 Å². The summed E-state index contributed by atoms with van der Waals surface area (Å²) in [6, 6.07) is 4.78. The third kappa shape index (κ3) is 3.82. The molecule has 1 atom stereocenters. The van der Waals surface area contributed by atoms with Gasteiger partial charge in [-0.15, -0.1) is 0 Å². The molecular formula is C16H22N2O3. The first-order valence-electron chi connectivity index (χ1n) is 7.34. The fourth-order valence-corrected chi connectivity index (χ4v) is 2.67. The normalized spacial score (nSPS) is 15.4. The van der Waals surface area contributed by atoms with E-state index in [-0.39, 0.29) is 11.8 Å². The SMILES string of the molecule is CC(C)C[C@H](NC(=O)c1cccc2c1CCNC2)C(=O)O. The minimum atomic E-state index is -0.983. The molecule has 0 bridgehead atoms. The predicted octanol–water partition coefficient (Wildman–Crippen LogP) is 1.56. The van der Waals surface area contributed by atoms with Crippen molar-refractivity contribution in [2.24, 2.45) is 5.92 Å². The molecule has 2 rings (SSSR count). The maximum atomic E-state index is 12.4. The molecule has 0 aromatic heterocycles. The molecule has 0 radical (unpaired) electrons. The number of rotatable bonds is 5. The van der Waals surface area contributed by atoms with Crippen molar-refractivity contribution in [3.63, 3.8) is 0 Å². The zero-order valence-corrected chi connectivity index (χ0v) is 12.5. The van der Waals surface area contributed by atoms with Crippen LogP contribution in [-0.2, 0) is 17.8 Å². The van der Waals surface area contributed by atoms with Gasteiger partial charge in [-0.1, -0.05) is 26.0 Å². The second-order valence-corrected chi connectivity index (χ2v) is 5.86. The number of carboxylic acid groups (broad SMARTS) is 1. The first kappa shape index (κ1) is 15.5. The summed E-state index contributed by atoms with van der Waals surface area (Å²) in [4.78, 5) is 23.7. The maximum Gasteiger partial charge on any atom is 0.326 e. The lowest BCUT2D eigenvalue weighted by Gasteiger charge is -2.21. The van der Waals surface area contributed by atoms with Crippen molar-refractivity contribution in [3.8, 4) is 0 Å². The van der Waals surface area contributed by atoms with Crippen molar-refractivity contribution in [2.75, 3.05) is 6.54 Å². The van der Waals surface area contributed by atoms with Crippen molar-refractivity contribution in [2.45, 2.75) is 39.3 Å². The van der Waals surface area contributed by atoms with Crippen molar-refractivity contribution >= 4 is 11.9 Å². The molecule has 21 heavy (non-hydrogen) atoms. The highest BCUT2D eigenvalue weighted by Gasteiger charge is 2.24. The zero-order chi connectivity index (χ0) is 15.4. The van der Waals surface area contributed by atoms with Gasteiger partial charge in [0, 0.05) is 12.1 Å². The molecule has 5 heteroatoms. The van der Waals surface area contributed by atoms with Crippen LogP contribution in [0.15, 0.2) is 18.2 Å². The largest absolute Gasteiger partial charge is 0.480 e. The summed E-state index contributed by atoms with van der Waals surface area (Å²) in [7, 11) is 0. The second-order valence-electron chi connectivity index (χ2n) is 5.86. The van der Waals surface area contributed by atoms with Gasteiger partial charge in [0.25, 0.3) is 5.91 Å². The maximum absolute atomic E-state index is 12.4. The molecule has 5 nitrogen and oxygen atoms in total. The summed E-state index contributed by atoms with van der Waals surface area (Å²) in [6.07, 6.45) is 1.22. The van der Waals surface area contributed by atoms with Gasteiger partial charge < -0.3 is 15.7 Å². The van der Waals surface area contributed by atoms with Crippen LogP contribution in [0.25, 0.3) is 0 Å². The minimum Gasteiger partial charge on any atom is -0.480 e. The molecule has 1 heterocycles. The van der Waals surface area contributed by atoms with E-state index in [0.29, 0.717) is 12.0 Å². The van der Waals surface area contributed by atoms with Crippen molar-refractivity contribution in [1.29, 1.82) is 0 Å². The summed E-state index contributed by atoms with van der Waals surface area (Å²) in [5, 5.41) is 15.2. The Balaban J connectivity index is 2.18. The van der Waals surface area contributed by atoms with Crippen LogP contribution in [0, 0.1) is 5.92 Å². The number of fused-ring (bicyclic) bond motifs is 1. The molecule has 1 aliphatic rings. The molecule has 0 fully saturated rings. The van der Waals surface area contributed by atoms with Gasteiger partial charge in [-0.2, -0.15) is 0 Å². The Morgan fingerprint density at radius 2 is 2.14 bits per heavy atom. The fourth-order valence-electron chi connectivity index (χ4n) is 2.67. The molecule has 3 N–H and O–H groups in total. The van der Waals surface area contributed by atoms with E-state index < -0.39 is 12.0 Å². The number of aliphatic carboxylic acids is 1. The number of carbonyl (C=O) groups excluding carboxylic acids is 1. The Morgan fingerprint density at radius 1 is 1.38 bits per heavy atom. The molecular weight excluding hydrogens is 268 g/mol. The third-order valence-corrected chi connectivity index (χ3v) is 3.70. The van der Waals surface area contributed by atoms with E-state index in [4.69, 9.17) is 0 Å². The van der Waals surface area contributed by atoms with Crippen LogP contribution >= 0.6 is 0 Å². The van der Waals surface area contributed by atoms with E-state index in [0.717, 1.165) is 30.6 Å². The molecule has 114 valence electrons. The summed E-state index contributed by atoms with van der Waals surface area (Å²) in [5.74, 6) is -1.06. The Morgan fingerprint density at radius 3 is 2.81 bits per heavy atom. The number of nitrogens with one attached hydrogen (secondary N) is 2. The van der Waals surface area contributed by atoms with Gasteiger partial charge in [0.2, 0.25) is 0 Å². The van der Waals surface area contributed by atoms with E-state index in [2.05, 4.69) is 10.6 Å². The molecule has 1 amide bonds. The molecule has 0 spiro atoms. The summed E-state index contributed by atoms with van der Waals surface area (Å²) in [6.45, 7) is 5.48. The van der Waals surface area contributed by atoms with Crippen LogP contribution in [0.1, 0.15) is 41.8 Å². The highest BCUT2D eigenvalue weighted by atomic mass is 16.4. The average Bonchev–Trinajstić information content (AvgIpc) is 2.45. The molecule has 0 saturated carbocycles. The number of benzene rings is 1. The quantitative estimate of drug-likeness (QED) is 0.769. The van der Waals surface area contributed by atoms with Gasteiger partial charge in [0.15, 0.2) is 0 Å². The lowest BCUT2D eigenvalue weighted by atomic mass is 9.94. The van der Waals surface area contributed by atoms with Crippen molar-refractivity contribution < 1.29 is 14.7 Å². The van der Waals surface area contributed by atoms with Gasteiger partial charge in [-0.25, -0.2) is 4.79 Å². The summed E-state index contributed by atoms with van der Waals surface area (Å²) < 4.78 is 0.